The van der Waals surface area contributed by atoms with Crippen molar-refractivity contribution >= 4 is 21.4 Å². The molecule has 1 fully saturated rings. The summed E-state index contributed by atoms with van der Waals surface area (Å²) in [6.45, 7) is 0. The van der Waals surface area contributed by atoms with E-state index in [4.69, 9.17) is 22.6 Å². The van der Waals surface area contributed by atoms with Crippen LogP contribution in [0.1, 0.15) is 6.42 Å². The minimum Gasteiger partial charge on any atom is -0.312 e. The maximum absolute atomic E-state index is 12.0. The zero-order valence-electron chi connectivity index (χ0n) is 8.22. The second-order valence-electron chi connectivity index (χ2n) is 3.84. The van der Waals surface area contributed by atoms with Crippen LogP contribution in [0, 0.1) is 11.3 Å². The Hall–Kier alpha value is -1.09. The van der Waals surface area contributed by atoms with Gasteiger partial charge in [0.2, 0.25) is 0 Å². The predicted octanol–water partition coefficient (Wildman–Crippen LogP) is 1.11. The largest absolute Gasteiger partial charge is 0.312 e. The number of hydrogen-bond donors (Lipinski definition) is 1. The molecule has 1 saturated carbocycles. The fraction of sp³-hybridized carbons (Fsp3) is 0.300. The third kappa shape index (κ3) is 1.69. The van der Waals surface area contributed by atoms with Crippen LogP contribution in [-0.2, 0) is 9.84 Å². The lowest BCUT2D eigenvalue weighted by molar-refractivity contribution is 0.592. The molecule has 0 bridgehead atoms. The molecule has 2 N–H and O–H groups in total. The molecule has 0 aromatic heterocycles. The van der Waals surface area contributed by atoms with Crippen molar-refractivity contribution in [3.63, 3.8) is 0 Å². The number of halogens is 1. The standard InChI is InChI=1S/C10H9ClN2O2S/c11-7-1-3-8(4-2-7)16(14,15)9-5-10(9,13)6-12/h1-4,9H,5,13H2/t9-,10+/m0/s1. The van der Waals surface area contributed by atoms with Gasteiger partial charge in [0.1, 0.15) is 10.8 Å². The van der Waals surface area contributed by atoms with E-state index in [2.05, 4.69) is 0 Å². The van der Waals surface area contributed by atoms with Gasteiger partial charge in [0.05, 0.1) is 11.0 Å². The summed E-state index contributed by atoms with van der Waals surface area (Å²) in [6.07, 6.45) is 0.189. The number of nitriles is 1. The number of rotatable bonds is 2. The Labute approximate surface area is 98.5 Å². The van der Waals surface area contributed by atoms with Crippen molar-refractivity contribution in [1.82, 2.24) is 0 Å². The molecule has 1 aliphatic carbocycles. The van der Waals surface area contributed by atoms with Crippen molar-refractivity contribution < 1.29 is 8.42 Å². The van der Waals surface area contributed by atoms with E-state index in [0.717, 1.165) is 0 Å². The zero-order chi connectivity index (χ0) is 12.0. The topological polar surface area (TPSA) is 83.9 Å². The van der Waals surface area contributed by atoms with E-state index >= 15 is 0 Å². The fourth-order valence-electron chi connectivity index (χ4n) is 1.54. The van der Waals surface area contributed by atoms with Crippen molar-refractivity contribution in [1.29, 1.82) is 5.26 Å². The Bertz CT molecular complexity index is 561. The quantitative estimate of drug-likeness (QED) is 0.859. The van der Waals surface area contributed by atoms with Crippen molar-refractivity contribution in [2.24, 2.45) is 5.73 Å². The fourth-order valence-corrected chi connectivity index (χ4v) is 3.61. The lowest BCUT2D eigenvalue weighted by Crippen LogP contribution is -2.28. The molecule has 1 aromatic rings. The molecule has 1 aromatic carbocycles. The highest BCUT2D eigenvalue weighted by Crippen LogP contribution is 2.42. The van der Waals surface area contributed by atoms with Crippen molar-refractivity contribution in [2.45, 2.75) is 22.1 Å². The summed E-state index contributed by atoms with van der Waals surface area (Å²) >= 11 is 5.67. The number of sulfone groups is 1. The molecule has 0 spiro atoms. The summed E-state index contributed by atoms with van der Waals surface area (Å²) < 4.78 is 24.0. The summed E-state index contributed by atoms with van der Waals surface area (Å²) in [7, 11) is -3.51. The molecule has 0 radical (unpaired) electrons. The molecule has 0 heterocycles. The molecule has 0 amide bonds. The molecule has 6 heteroatoms. The highest BCUT2D eigenvalue weighted by Gasteiger charge is 2.60. The first kappa shape index (κ1) is 11.4. The van der Waals surface area contributed by atoms with E-state index in [0.29, 0.717) is 5.02 Å². The number of nitrogens with zero attached hydrogens (tertiary/aromatic N) is 1. The molecular weight excluding hydrogens is 248 g/mol. The zero-order valence-corrected chi connectivity index (χ0v) is 9.79. The van der Waals surface area contributed by atoms with Crippen LogP contribution in [-0.4, -0.2) is 19.2 Å². The minimum atomic E-state index is -3.51. The lowest BCUT2D eigenvalue weighted by Gasteiger charge is -2.04. The molecule has 1 aliphatic rings. The van der Waals surface area contributed by atoms with E-state index in [9.17, 15) is 8.42 Å². The van der Waals surface area contributed by atoms with E-state index in [-0.39, 0.29) is 11.3 Å². The first-order valence-corrected chi connectivity index (χ1v) is 6.52. The molecule has 0 unspecified atom stereocenters. The average Bonchev–Trinajstić information content (AvgIpc) is 2.93. The van der Waals surface area contributed by atoms with Crippen LogP contribution in [0.2, 0.25) is 5.02 Å². The minimum absolute atomic E-state index is 0.157. The molecule has 0 saturated heterocycles. The van der Waals surface area contributed by atoms with Gasteiger partial charge in [-0.1, -0.05) is 11.6 Å². The molecular formula is C10H9ClN2O2S. The van der Waals surface area contributed by atoms with Gasteiger partial charge >= 0.3 is 0 Å². The van der Waals surface area contributed by atoms with E-state index in [1.54, 1.807) is 0 Å². The first-order valence-electron chi connectivity index (χ1n) is 4.60. The van der Waals surface area contributed by atoms with Gasteiger partial charge < -0.3 is 5.73 Å². The Morgan fingerprint density at radius 2 is 2.00 bits per heavy atom. The van der Waals surface area contributed by atoms with Gasteiger partial charge in [-0.2, -0.15) is 5.26 Å². The third-order valence-electron chi connectivity index (χ3n) is 2.66. The second-order valence-corrected chi connectivity index (χ2v) is 6.41. The Kier molecular flexibility index (Phi) is 2.46. The Balaban J connectivity index is 2.36. The maximum atomic E-state index is 12.0. The summed E-state index contributed by atoms with van der Waals surface area (Å²) in [4.78, 5) is 0.157. The number of nitrogens with two attached hydrogens (primary N) is 1. The molecule has 0 aliphatic heterocycles. The van der Waals surface area contributed by atoms with Gasteiger partial charge in [-0.3, -0.25) is 0 Å². The van der Waals surface area contributed by atoms with Gasteiger partial charge in [-0.05, 0) is 30.7 Å². The van der Waals surface area contributed by atoms with Gasteiger partial charge in [-0.25, -0.2) is 8.42 Å². The highest BCUT2D eigenvalue weighted by molar-refractivity contribution is 7.92. The Morgan fingerprint density at radius 1 is 1.44 bits per heavy atom. The molecule has 2 atom stereocenters. The van der Waals surface area contributed by atoms with E-state index < -0.39 is 20.6 Å². The second kappa shape index (κ2) is 3.45. The molecule has 2 rings (SSSR count). The summed E-state index contributed by atoms with van der Waals surface area (Å²) in [6, 6.07) is 7.68. The summed E-state index contributed by atoms with van der Waals surface area (Å²) in [5, 5.41) is 8.40. The number of hydrogen-bond acceptors (Lipinski definition) is 4. The van der Waals surface area contributed by atoms with Crippen LogP contribution in [0.5, 0.6) is 0 Å². The third-order valence-corrected chi connectivity index (χ3v) is 5.18. The monoisotopic (exact) mass is 256 g/mol. The highest BCUT2D eigenvalue weighted by atomic mass is 35.5. The van der Waals surface area contributed by atoms with Gasteiger partial charge in [0, 0.05) is 5.02 Å². The predicted molar refractivity (Wildman–Crippen MR) is 59.6 cm³/mol. The average molecular weight is 257 g/mol. The van der Waals surface area contributed by atoms with Crippen LogP contribution in [0.15, 0.2) is 29.2 Å². The van der Waals surface area contributed by atoms with E-state index in [1.807, 2.05) is 6.07 Å². The Morgan fingerprint density at radius 3 is 2.44 bits per heavy atom. The van der Waals surface area contributed by atoms with Crippen LogP contribution >= 0.6 is 11.6 Å². The summed E-state index contributed by atoms with van der Waals surface area (Å²) in [5.74, 6) is 0. The van der Waals surface area contributed by atoms with Crippen molar-refractivity contribution in [3.05, 3.63) is 29.3 Å². The molecule has 84 valence electrons. The molecule has 16 heavy (non-hydrogen) atoms. The summed E-state index contributed by atoms with van der Waals surface area (Å²) in [5.41, 5.74) is 4.35. The normalized spacial score (nSPS) is 28.4. The van der Waals surface area contributed by atoms with Crippen LogP contribution in [0.3, 0.4) is 0 Å². The van der Waals surface area contributed by atoms with Crippen molar-refractivity contribution in [2.75, 3.05) is 0 Å². The van der Waals surface area contributed by atoms with Gasteiger partial charge in [0.25, 0.3) is 0 Å². The first-order chi connectivity index (χ1) is 7.40. The SMILES string of the molecule is N#C[C@]1(N)C[C@@H]1S(=O)(=O)c1ccc(Cl)cc1. The van der Waals surface area contributed by atoms with Crippen LogP contribution < -0.4 is 5.73 Å². The lowest BCUT2D eigenvalue weighted by atomic mass is 10.3. The van der Waals surface area contributed by atoms with Gasteiger partial charge in [-0.15, -0.1) is 0 Å². The van der Waals surface area contributed by atoms with Crippen LogP contribution in [0.25, 0.3) is 0 Å². The number of benzene rings is 1. The maximum Gasteiger partial charge on any atom is 0.184 e. The van der Waals surface area contributed by atoms with Crippen LogP contribution in [0.4, 0.5) is 0 Å². The van der Waals surface area contributed by atoms with Crippen molar-refractivity contribution in [3.8, 4) is 6.07 Å². The van der Waals surface area contributed by atoms with E-state index in [1.165, 1.54) is 24.3 Å². The smallest absolute Gasteiger partial charge is 0.184 e. The van der Waals surface area contributed by atoms with Gasteiger partial charge in [0.15, 0.2) is 9.84 Å². The molecule has 4 nitrogen and oxygen atoms in total.